The second-order valence-corrected chi connectivity index (χ2v) is 5.68. The quantitative estimate of drug-likeness (QED) is 0.664. The first-order chi connectivity index (χ1) is 13.3. The lowest BCUT2D eigenvalue weighted by Crippen LogP contribution is -2.28. The molecule has 0 heterocycles. The predicted octanol–water partition coefficient (Wildman–Crippen LogP) is 4.46. The Morgan fingerprint density at radius 1 is 1.11 bits per heavy atom. The molecule has 0 saturated heterocycles. The molecule has 0 aromatic heterocycles. The van der Waals surface area contributed by atoms with E-state index in [0.717, 1.165) is 0 Å². The maximum atomic E-state index is 14.1. The number of hydrogen-bond donors (Lipinski definition) is 1. The molecule has 0 aliphatic carbocycles. The van der Waals surface area contributed by atoms with Gasteiger partial charge in [-0.05, 0) is 31.5 Å². The van der Waals surface area contributed by atoms with Crippen LogP contribution in [0.5, 0.6) is 17.2 Å². The molecule has 1 N–H and O–H groups in total. The van der Waals surface area contributed by atoms with Gasteiger partial charge in [-0.15, -0.1) is 0 Å². The standard InChI is InChI=1S/C19H19F4NO4/c1-4-27-15-6-5-11(7-16(15)26-3)10(2)24-18(25)17-13(20)8-12(9-14(17)21)28-19(22)23/h5-10,19H,4H2,1-3H3,(H,24,25). The van der Waals surface area contributed by atoms with Gasteiger partial charge in [0.25, 0.3) is 5.91 Å². The van der Waals surface area contributed by atoms with Gasteiger partial charge in [0.05, 0.1) is 19.8 Å². The number of rotatable bonds is 8. The molecule has 1 amide bonds. The summed E-state index contributed by atoms with van der Waals surface area (Å²) in [6, 6.07) is 5.36. The van der Waals surface area contributed by atoms with Crippen LogP contribution in [0.3, 0.4) is 0 Å². The molecule has 152 valence electrons. The Morgan fingerprint density at radius 2 is 1.75 bits per heavy atom. The number of carbonyl (C=O) groups is 1. The molecule has 28 heavy (non-hydrogen) atoms. The zero-order chi connectivity index (χ0) is 20.8. The van der Waals surface area contributed by atoms with Crippen LogP contribution >= 0.6 is 0 Å². The van der Waals surface area contributed by atoms with E-state index in [-0.39, 0.29) is 0 Å². The van der Waals surface area contributed by atoms with Crippen molar-refractivity contribution in [2.45, 2.75) is 26.5 Å². The van der Waals surface area contributed by atoms with E-state index in [1.165, 1.54) is 7.11 Å². The van der Waals surface area contributed by atoms with Gasteiger partial charge >= 0.3 is 6.61 Å². The molecule has 1 atom stereocenters. The normalized spacial score (nSPS) is 11.9. The first-order valence-electron chi connectivity index (χ1n) is 8.32. The summed E-state index contributed by atoms with van der Waals surface area (Å²) in [5, 5.41) is 2.45. The van der Waals surface area contributed by atoms with E-state index in [1.54, 1.807) is 25.1 Å². The highest BCUT2D eigenvalue weighted by molar-refractivity contribution is 5.95. The van der Waals surface area contributed by atoms with Gasteiger partial charge in [-0.1, -0.05) is 6.07 Å². The maximum Gasteiger partial charge on any atom is 0.387 e. The highest BCUT2D eigenvalue weighted by Gasteiger charge is 2.22. The summed E-state index contributed by atoms with van der Waals surface area (Å²) in [6.07, 6.45) is 0. The van der Waals surface area contributed by atoms with Gasteiger partial charge < -0.3 is 19.5 Å². The number of alkyl halides is 2. The first-order valence-corrected chi connectivity index (χ1v) is 8.32. The number of methoxy groups -OCH3 is 1. The first kappa shape index (κ1) is 21.3. The maximum absolute atomic E-state index is 14.1. The number of nitrogens with one attached hydrogen (secondary N) is 1. The average Bonchev–Trinajstić information content (AvgIpc) is 2.60. The molecule has 0 aliphatic rings. The van der Waals surface area contributed by atoms with Crippen LogP contribution in [-0.4, -0.2) is 26.2 Å². The summed E-state index contributed by atoms with van der Waals surface area (Å²) >= 11 is 0. The number of benzene rings is 2. The zero-order valence-corrected chi connectivity index (χ0v) is 15.4. The average molecular weight is 401 g/mol. The number of hydrogen-bond acceptors (Lipinski definition) is 4. The number of ether oxygens (including phenoxy) is 3. The summed E-state index contributed by atoms with van der Waals surface area (Å²) in [5.74, 6) is -3.44. The van der Waals surface area contributed by atoms with Crippen LogP contribution in [0.1, 0.15) is 35.8 Å². The Kier molecular flexibility index (Phi) is 7.08. The molecule has 0 spiro atoms. The fourth-order valence-corrected chi connectivity index (χ4v) is 2.52. The second-order valence-electron chi connectivity index (χ2n) is 5.68. The van der Waals surface area contributed by atoms with Gasteiger partial charge in [0.2, 0.25) is 0 Å². The molecule has 0 fully saturated rings. The lowest BCUT2D eigenvalue weighted by molar-refractivity contribution is -0.0501. The fourth-order valence-electron chi connectivity index (χ4n) is 2.52. The Labute approximate surface area is 159 Å². The molecule has 9 heteroatoms. The fraction of sp³-hybridized carbons (Fsp3) is 0.316. The highest BCUT2D eigenvalue weighted by Crippen LogP contribution is 2.30. The van der Waals surface area contributed by atoms with Crippen LogP contribution in [0.4, 0.5) is 17.6 Å². The van der Waals surface area contributed by atoms with Gasteiger partial charge in [0, 0.05) is 12.1 Å². The van der Waals surface area contributed by atoms with Crippen LogP contribution < -0.4 is 19.5 Å². The minimum absolute atomic E-state index is 0.436. The summed E-state index contributed by atoms with van der Waals surface area (Å²) in [5.41, 5.74) is -0.293. The van der Waals surface area contributed by atoms with Gasteiger partial charge in [-0.25, -0.2) is 8.78 Å². The molecule has 2 rings (SSSR count). The lowest BCUT2D eigenvalue weighted by atomic mass is 10.1. The van der Waals surface area contributed by atoms with Crippen molar-refractivity contribution in [1.29, 1.82) is 0 Å². The molecular formula is C19H19F4NO4. The number of carbonyl (C=O) groups excluding carboxylic acids is 1. The topological polar surface area (TPSA) is 56.8 Å². The van der Waals surface area contributed by atoms with Crippen molar-refractivity contribution in [2.24, 2.45) is 0 Å². The Bertz CT molecular complexity index is 822. The van der Waals surface area contributed by atoms with E-state index < -0.39 is 41.5 Å². The molecule has 5 nitrogen and oxygen atoms in total. The lowest BCUT2D eigenvalue weighted by Gasteiger charge is -2.17. The van der Waals surface area contributed by atoms with Gasteiger partial charge in [-0.3, -0.25) is 4.79 Å². The van der Waals surface area contributed by atoms with Crippen molar-refractivity contribution in [1.82, 2.24) is 5.32 Å². The van der Waals surface area contributed by atoms with E-state index in [4.69, 9.17) is 9.47 Å². The van der Waals surface area contributed by atoms with Crippen molar-refractivity contribution < 1.29 is 36.6 Å². The third kappa shape index (κ3) is 5.05. The molecule has 0 bridgehead atoms. The van der Waals surface area contributed by atoms with Crippen LogP contribution in [0, 0.1) is 11.6 Å². The summed E-state index contributed by atoms with van der Waals surface area (Å²) < 4.78 is 67.1. The van der Waals surface area contributed by atoms with Crippen LogP contribution in [0.15, 0.2) is 30.3 Å². The molecule has 2 aromatic carbocycles. The van der Waals surface area contributed by atoms with Crippen LogP contribution in [0.2, 0.25) is 0 Å². The summed E-state index contributed by atoms with van der Waals surface area (Å²) in [6.45, 7) is 0.618. The minimum atomic E-state index is -3.24. The van der Waals surface area contributed by atoms with Crippen molar-refractivity contribution in [3.63, 3.8) is 0 Å². The van der Waals surface area contributed by atoms with E-state index >= 15 is 0 Å². The van der Waals surface area contributed by atoms with Crippen molar-refractivity contribution in [3.8, 4) is 17.2 Å². The minimum Gasteiger partial charge on any atom is -0.493 e. The van der Waals surface area contributed by atoms with Crippen molar-refractivity contribution in [2.75, 3.05) is 13.7 Å². The van der Waals surface area contributed by atoms with Gasteiger partial charge in [0.1, 0.15) is 22.9 Å². The van der Waals surface area contributed by atoms with Crippen molar-refractivity contribution >= 4 is 5.91 Å². The molecule has 0 aliphatic heterocycles. The second kappa shape index (κ2) is 9.29. The van der Waals surface area contributed by atoms with E-state index in [2.05, 4.69) is 10.1 Å². The largest absolute Gasteiger partial charge is 0.493 e. The van der Waals surface area contributed by atoms with E-state index in [1.807, 2.05) is 6.92 Å². The molecule has 1 unspecified atom stereocenters. The zero-order valence-electron chi connectivity index (χ0n) is 15.4. The number of amides is 1. The SMILES string of the molecule is CCOc1ccc(C(C)NC(=O)c2c(F)cc(OC(F)F)cc2F)cc1OC. The Morgan fingerprint density at radius 3 is 2.29 bits per heavy atom. The summed E-state index contributed by atoms with van der Waals surface area (Å²) in [4.78, 5) is 12.3. The molecule has 2 aromatic rings. The third-order valence-electron chi connectivity index (χ3n) is 3.80. The smallest absolute Gasteiger partial charge is 0.387 e. The molecule has 0 saturated carbocycles. The van der Waals surface area contributed by atoms with Gasteiger partial charge in [-0.2, -0.15) is 8.78 Å². The number of halogens is 4. The predicted molar refractivity (Wildman–Crippen MR) is 93.0 cm³/mol. The van der Waals surface area contributed by atoms with Crippen LogP contribution in [0.25, 0.3) is 0 Å². The van der Waals surface area contributed by atoms with E-state index in [9.17, 15) is 22.4 Å². The van der Waals surface area contributed by atoms with Crippen molar-refractivity contribution in [3.05, 3.63) is 53.1 Å². The molecule has 0 radical (unpaired) electrons. The Hall–Kier alpha value is -2.97. The van der Waals surface area contributed by atoms with E-state index in [0.29, 0.717) is 35.8 Å². The highest BCUT2D eigenvalue weighted by atomic mass is 19.3. The summed E-state index contributed by atoms with van der Waals surface area (Å²) in [7, 11) is 1.46. The molecular weight excluding hydrogens is 382 g/mol. The Balaban J connectivity index is 2.20. The third-order valence-corrected chi connectivity index (χ3v) is 3.80. The van der Waals surface area contributed by atoms with Gasteiger partial charge in [0.15, 0.2) is 11.5 Å². The van der Waals surface area contributed by atoms with Crippen LogP contribution in [-0.2, 0) is 0 Å². The monoisotopic (exact) mass is 401 g/mol.